The Morgan fingerprint density at radius 2 is 1.89 bits per heavy atom. The van der Waals surface area contributed by atoms with Crippen molar-refractivity contribution in [3.05, 3.63) is 63.9 Å². The van der Waals surface area contributed by atoms with Gasteiger partial charge in [-0.05, 0) is 30.8 Å². The van der Waals surface area contributed by atoms with Crippen LogP contribution in [0.1, 0.15) is 11.1 Å². The summed E-state index contributed by atoms with van der Waals surface area (Å²) in [6.45, 7) is 1.29. The van der Waals surface area contributed by atoms with Crippen LogP contribution in [0.4, 0.5) is 10.1 Å². The van der Waals surface area contributed by atoms with E-state index in [0.717, 1.165) is 11.0 Å². The highest BCUT2D eigenvalue weighted by atomic mass is 79.9. The van der Waals surface area contributed by atoms with Crippen molar-refractivity contribution in [1.29, 1.82) is 0 Å². The van der Waals surface area contributed by atoms with E-state index in [1.807, 2.05) is 19.2 Å². The number of halogens is 2. The van der Waals surface area contributed by atoms with Crippen LogP contribution in [0.5, 0.6) is 0 Å². The zero-order valence-electron chi connectivity index (χ0n) is 10.7. The fourth-order valence-corrected chi connectivity index (χ4v) is 2.46. The summed E-state index contributed by atoms with van der Waals surface area (Å²) in [5.74, 6) is -0.316. The van der Waals surface area contributed by atoms with Crippen molar-refractivity contribution in [3.8, 4) is 0 Å². The van der Waals surface area contributed by atoms with Gasteiger partial charge in [0.05, 0.1) is 5.69 Å². The molecule has 0 aliphatic rings. The number of nitrogens with two attached hydrogens (primary N) is 1. The third-order valence-corrected chi connectivity index (χ3v) is 3.38. The molecule has 2 aromatic carbocycles. The lowest BCUT2D eigenvalue weighted by Crippen LogP contribution is -2.18. The lowest BCUT2D eigenvalue weighted by Gasteiger charge is -2.17. The van der Waals surface area contributed by atoms with E-state index in [2.05, 4.69) is 33.0 Å². The van der Waals surface area contributed by atoms with E-state index in [1.165, 1.54) is 5.56 Å². The van der Waals surface area contributed by atoms with E-state index < -0.39 is 0 Å². The second-order valence-electron chi connectivity index (χ2n) is 4.62. The van der Waals surface area contributed by atoms with Gasteiger partial charge in [0.15, 0.2) is 5.82 Å². The van der Waals surface area contributed by atoms with E-state index in [0.29, 0.717) is 12.1 Å². The fourth-order valence-electron chi connectivity index (χ4n) is 2.02. The quantitative estimate of drug-likeness (QED) is 0.867. The van der Waals surface area contributed by atoms with Gasteiger partial charge in [-0.25, -0.2) is 4.39 Å². The summed E-state index contributed by atoms with van der Waals surface area (Å²) < 4.78 is 14.9. The van der Waals surface area contributed by atoms with Crippen LogP contribution in [-0.4, -0.2) is 11.9 Å². The van der Waals surface area contributed by atoms with E-state index >= 15 is 0 Å². The fraction of sp³-hybridized carbons (Fsp3) is 0.200. The molecule has 4 heteroatoms. The molecular formula is C15H16BrFN2. The third-order valence-electron chi connectivity index (χ3n) is 2.89. The van der Waals surface area contributed by atoms with Crippen molar-refractivity contribution in [2.24, 2.45) is 0 Å². The molecule has 0 spiro atoms. The first-order chi connectivity index (χ1) is 9.06. The second-order valence-corrected chi connectivity index (χ2v) is 5.54. The maximum absolute atomic E-state index is 13.8. The van der Waals surface area contributed by atoms with Crippen LogP contribution in [0.2, 0.25) is 0 Å². The summed E-state index contributed by atoms with van der Waals surface area (Å²) in [4.78, 5) is 2.06. The minimum Gasteiger partial charge on any atom is -0.396 e. The Bertz CT molecular complexity index is 572. The number of nitrogen functional groups attached to an aromatic ring is 1. The van der Waals surface area contributed by atoms with Gasteiger partial charge in [-0.2, -0.15) is 0 Å². The minimum atomic E-state index is -0.316. The largest absolute Gasteiger partial charge is 0.396 e. The summed E-state index contributed by atoms with van der Waals surface area (Å²) in [5.41, 5.74) is 7.58. The lowest BCUT2D eigenvalue weighted by molar-refractivity contribution is 0.314. The van der Waals surface area contributed by atoms with Gasteiger partial charge in [0, 0.05) is 23.1 Å². The van der Waals surface area contributed by atoms with Crippen molar-refractivity contribution in [1.82, 2.24) is 4.90 Å². The van der Waals surface area contributed by atoms with Gasteiger partial charge >= 0.3 is 0 Å². The molecule has 19 heavy (non-hydrogen) atoms. The Morgan fingerprint density at radius 3 is 2.63 bits per heavy atom. The molecule has 0 aromatic heterocycles. The number of hydrogen-bond donors (Lipinski definition) is 1. The smallest absolute Gasteiger partial charge is 0.150 e. The summed E-state index contributed by atoms with van der Waals surface area (Å²) in [6.07, 6.45) is 0. The van der Waals surface area contributed by atoms with E-state index in [-0.39, 0.29) is 11.5 Å². The van der Waals surface area contributed by atoms with Crippen molar-refractivity contribution < 1.29 is 4.39 Å². The average molecular weight is 323 g/mol. The van der Waals surface area contributed by atoms with Gasteiger partial charge in [0.1, 0.15) is 0 Å². The van der Waals surface area contributed by atoms with Gasteiger partial charge in [0.25, 0.3) is 0 Å². The number of anilines is 1. The summed E-state index contributed by atoms with van der Waals surface area (Å²) in [7, 11) is 1.96. The Balaban J connectivity index is 2.05. The van der Waals surface area contributed by atoms with Gasteiger partial charge in [-0.3, -0.25) is 4.90 Å². The summed E-state index contributed by atoms with van der Waals surface area (Å²) in [6, 6.07) is 13.2. The molecule has 2 aromatic rings. The maximum atomic E-state index is 13.8. The van der Waals surface area contributed by atoms with Crippen molar-refractivity contribution in [2.45, 2.75) is 13.1 Å². The predicted octanol–water partition coefficient (Wildman–Crippen LogP) is 3.80. The average Bonchev–Trinajstić information content (AvgIpc) is 2.35. The molecule has 0 atom stereocenters. The molecule has 0 unspecified atom stereocenters. The topological polar surface area (TPSA) is 29.3 Å². The highest BCUT2D eigenvalue weighted by Gasteiger charge is 2.08. The molecule has 0 aliphatic carbocycles. The van der Waals surface area contributed by atoms with Crippen LogP contribution in [0, 0.1) is 5.82 Å². The Kier molecular flexibility index (Phi) is 4.56. The molecule has 100 valence electrons. The third kappa shape index (κ3) is 3.78. The zero-order valence-corrected chi connectivity index (χ0v) is 12.3. The van der Waals surface area contributed by atoms with Crippen LogP contribution in [0.15, 0.2) is 46.9 Å². The normalized spacial score (nSPS) is 10.9. The Morgan fingerprint density at radius 1 is 1.16 bits per heavy atom. The highest BCUT2D eigenvalue weighted by Crippen LogP contribution is 2.18. The minimum absolute atomic E-state index is 0.202. The van der Waals surface area contributed by atoms with E-state index in [1.54, 1.807) is 18.2 Å². The summed E-state index contributed by atoms with van der Waals surface area (Å²) in [5, 5.41) is 0. The number of benzene rings is 2. The van der Waals surface area contributed by atoms with Crippen LogP contribution in [0.25, 0.3) is 0 Å². The molecule has 0 fully saturated rings. The number of rotatable bonds is 4. The zero-order chi connectivity index (χ0) is 13.8. The van der Waals surface area contributed by atoms with Crippen LogP contribution < -0.4 is 5.73 Å². The first kappa shape index (κ1) is 14.0. The highest BCUT2D eigenvalue weighted by molar-refractivity contribution is 9.10. The lowest BCUT2D eigenvalue weighted by atomic mass is 10.1. The maximum Gasteiger partial charge on any atom is 0.150 e. The Hall–Kier alpha value is -1.39. The Labute approximate surface area is 121 Å². The van der Waals surface area contributed by atoms with Crippen molar-refractivity contribution in [2.75, 3.05) is 12.8 Å². The molecule has 0 saturated heterocycles. The molecule has 0 aliphatic heterocycles. The molecule has 0 radical (unpaired) electrons. The predicted molar refractivity (Wildman–Crippen MR) is 80.1 cm³/mol. The molecule has 0 amide bonds. The van der Waals surface area contributed by atoms with E-state index in [9.17, 15) is 4.39 Å². The first-order valence-corrected chi connectivity index (χ1v) is 6.81. The molecule has 0 heterocycles. The van der Waals surface area contributed by atoms with Crippen LogP contribution in [0.3, 0.4) is 0 Å². The molecule has 2 rings (SSSR count). The van der Waals surface area contributed by atoms with Gasteiger partial charge in [-0.1, -0.05) is 40.2 Å². The molecule has 0 saturated carbocycles. The first-order valence-electron chi connectivity index (χ1n) is 6.02. The molecule has 2 nitrogen and oxygen atoms in total. The molecule has 0 bridgehead atoms. The van der Waals surface area contributed by atoms with Crippen molar-refractivity contribution in [3.63, 3.8) is 0 Å². The molecule has 2 N–H and O–H groups in total. The van der Waals surface area contributed by atoms with Gasteiger partial charge < -0.3 is 5.73 Å². The van der Waals surface area contributed by atoms with Gasteiger partial charge in [0.2, 0.25) is 0 Å². The standard InChI is InChI=1S/C15H16BrFN2/c1-19(9-11-4-2-6-13(16)8-11)10-12-5-3-7-14(18)15(12)17/h2-8H,9-10,18H2,1H3. The SMILES string of the molecule is CN(Cc1cccc(Br)c1)Cc1cccc(N)c1F. The van der Waals surface area contributed by atoms with E-state index in [4.69, 9.17) is 5.73 Å². The van der Waals surface area contributed by atoms with Gasteiger partial charge in [-0.15, -0.1) is 0 Å². The number of nitrogens with zero attached hydrogens (tertiary/aromatic N) is 1. The van der Waals surface area contributed by atoms with Crippen LogP contribution in [-0.2, 0) is 13.1 Å². The monoisotopic (exact) mass is 322 g/mol. The number of hydrogen-bond acceptors (Lipinski definition) is 2. The van der Waals surface area contributed by atoms with Crippen LogP contribution >= 0.6 is 15.9 Å². The van der Waals surface area contributed by atoms with Crippen molar-refractivity contribution >= 4 is 21.6 Å². The second kappa shape index (κ2) is 6.17. The molecular weight excluding hydrogens is 307 g/mol. The summed E-state index contributed by atoms with van der Waals surface area (Å²) >= 11 is 3.44.